The van der Waals surface area contributed by atoms with E-state index >= 15 is 0 Å². The number of phenols is 4. The van der Waals surface area contributed by atoms with Crippen LogP contribution in [0.3, 0.4) is 0 Å². The third-order valence-corrected chi connectivity index (χ3v) is 22.7. The molecule has 84 heavy (non-hydrogen) atoms. The molecule has 0 fully saturated rings. The van der Waals surface area contributed by atoms with Crippen molar-refractivity contribution in [3.05, 3.63) is 297 Å². The summed E-state index contributed by atoms with van der Waals surface area (Å²) in [5.41, 5.74) is 9.90. The molecule has 10 aromatic rings. The molecule has 6 unspecified atom stereocenters. The predicted molar refractivity (Wildman–Crippen MR) is 342 cm³/mol. The summed E-state index contributed by atoms with van der Waals surface area (Å²) in [6, 6.07) is 75.5. The standard InChI is InChI=1S/C72H62O8P2S2/c73-65-43-66(74)58-39-57(65)53(35-31-47-19-7-1-8-20-47)59-40-61-55(37-33-49-23-11-3-12-24-49)63-42-64-56(38-34-50-25-13-4-14-26-50)62-41-60(54(58)36-32-48-21-9-2-10-22-48)68(76)45-70(62)78-82(84,52-29-17-6-18-30-52)80-72(64)46-71(63)79-81(83,51-27-15-5-16-28-51)77-69(61)44-67(59)75/h1-30,39-46,53-56,73-76H,31-38H2. The van der Waals surface area contributed by atoms with Crippen molar-refractivity contribution < 1.29 is 38.5 Å². The zero-order valence-electron chi connectivity index (χ0n) is 46.0. The van der Waals surface area contributed by atoms with Gasteiger partial charge in [0.15, 0.2) is 0 Å². The first kappa shape index (κ1) is 55.1. The van der Waals surface area contributed by atoms with E-state index in [9.17, 15) is 20.4 Å². The van der Waals surface area contributed by atoms with E-state index in [-0.39, 0.29) is 23.0 Å². The summed E-state index contributed by atoms with van der Waals surface area (Å²) in [6.07, 6.45) is 4.59. The predicted octanol–water partition coefficient (Wildman–Crippen LogP) is 16.7. The number of aryl methyl sites for hydroxylation is 4. The summed E-state index contributed by atoms with van der Waals surface area (Å²) < 4.78 is 29.3. The third kappa shape index (κ3) is 11.1. The van der Waals surface area contributed by atoms with Crippen molar-refractivity contribution in [3.63, 3.8) is 0 Å². The van der Waals surface area contributed by atoms with Gasteiger partial charge in [0.1, 0.15) is 46.0 Å². The maximum atomic E-state index is 12.9. The maximum absolute atomic E-state index is 12.9. The second-order valence-electron chi connectivity index (χ2n) is 22.1. The van der Waals surface area contributed by atoms with Gasteiger partial charge >= 0.3 is 13.0 Å². The third-order valence-electron chi connectivity index (χ3n) is 16.9. The van der Waals surface area contributed by atoms with Crippen molar-refractivity contribution in [1.29, 1.82) is 0 Å². The van der Waals surface area contributed by atoms with Crippen LogP contribution in [-0.4, -0.2) is 20.4 Å². The SMILES string of the molecule is Oc1cc(O)c2cc1C(CCc1ccccc1)c1cc3c(cc1O)OP(=S)(c1ccccc1)Oc1cc4c(cc1C3CCc1ccccc1)C(CCc1ccccc1)c1cc(c(O)cc1OP(=S)(c1ccccc1)O4)C2CCc1ccccc1. The molecule has 8 bridgehead atoms. The molecule has 3 aliphatic rings. The Hall–Kier alpha value is -8.10. The van der Waals surface area contributed by atoms with Crippen LogP contribution in [0.2, 0.25) is 0 Å². The highest BCUT2D eigenvalue weighted by atomic mass is 32.5. The summed E-state index contributed by atoms with van der Waals surface area (Å²) in [7, 11) is 0. The summed E-state index contributed by atoms with van der Waals surface area (Å²) in [5, 5.41) is 52.0. The molecule has 1 aliphatic carbocycles. The fourth-order valence-corrected chi connectivity index (χ4v) is 17.6. The van der Waals surface area contributed by atoms with E-state index in [0.29, 0.717) is 107 Å². The average Bonchev–Trinajstić information content (AvgIpc) is 3.15. The number of rotatable bonds is 14. The van der Waals surface area contributed by atoms with Gasteiger partial charge in [0.25, 0.3) is 0 Å². The van der Waals surface area contributed by atoms with Crippen LogP contribution in [-0.2, 0) is 49.3 Å². The second kappa shape index (κ2) is 23.5. The van der Waals surface area contributed by atoms with Gasteiger partial charge in [-0.05, 0) is 146 Å². The normalized spacial score (nSPS) is 20.1. The number of hydrogen-bond acceptors (Lipinski definition) is 10. The topological polar surface area (TPSA) is 118 Å². The van der Waals surface area contributed by atoms with E-state index in [2.05, 4.69) is 91.0 Å². The Morgan fingerprint density at radius 2 is 0.500 bits per heavy atom. The highest BCUT2D eigenvalue weighted by Gasteiger charge is 2.41. The monoisotopic (exact) mass is 1180 g/mol. The quantitative estimate of drug-likeness (QED) is 0.0784. The number of phenolic OH excluding ortho intramolecular Hbond substituents is 4. The Labute approximate surface area is 501 Å². The number of aromatic hydroxyl groups is 4. The molecule has 8 nitrogen and oxygen atoms in total. The maximum Gasteiger partial charge on any atom is 0.319 e. The van der Waals surface area contributed by atoms with Crippen LogP contribution in [0.4, 0.5) is 0 Å². The Bertz CT molecular complexity index is 3860. The van der Waals surface area contributed by atoms with Crippen molar-refractivity contribution in [2.24, 2.45) is 0 Å². The fraction of sp³-hybridized carbons (Fsp3) is 0.167. The minimum Gasteiger partial charge on any atom is -0.508 e. The Morgan fingerprint density at radius 3 is 0.798 bits per heavy atom. The van der Waals surface area contributed by atoms with Crippen LogP contribution < -0.4 is 28.7 Å². The van der Waals surface area contributed by atoms with E-state index in [0.717, 1.165) is 44.5 Å². The first-order valence-electron chi connectivity index (χ1n) is 28.7. The molecule has 0 aromatic heterocycles. The molecule has 2 aliphatic heterocycles. The molecule has 10 aromatic carbocycles. The van der Waals surface area contributed by atoms with E-state index in [1.807, 2.05) is 121 Å². The molecule has 2 heterocycles. The van der Waals surface area contributed by atoms with Crippen LogP contribution in [0.5, 0.6) is 46.0 Å². The second-order valence-corrected chi connectivity index (χ2v) is 28.8. The Balaban J connectivity index is 1.15. The summed E-state index contributed by atoms with van der Waals surface area (Å²) in [6.45, 7) is -7.15. The first-order chi connectivity index (χ1) is 41.0. The zero-order valence-corrected chi connectivity index (χ0v) is 49.5. The van der Waals surface area contributed by atoms with Crippen LogP contribution in [0.1, 0.15) is 116 Å². The smallest absolute Gasteiger partial charge is 0.319 e. The number of benzene rings is 10. The fourth-order valence-electron chi connectivity index (χ4n) is 12.7. The molecule has 420 valence electrons. The highest BCUT2D eigenvalue weighted by molar-refractivity contribution is 8.14. The molecule has 4 N–H and O–H groups in total. The molecule has 12 heteroatoms. The van der Waals surface area contributed by atoms with Crippen molar-refractivity contribution in [2.75, 3.05) is 0 Å². The summed E-state index contributed by atoms with van der Waals surface area (Å²) in [4.78, 5) is 0. The van der Waals surface area contributed by atoms with Crippen molar-refractivity contribution in [1.82, 2.24) is 0 Å². The minimum absolute atomic E-state index is 0.0445. The highest BCUT2D eigenvalue weighted by Crippen LogP contribution is 2.62. The number of hydrogen-bond donors (Lipinski definition) is 4. The lowest BCUT2D eigenvalue weighted by Crippen LogP contribution is -2.22. The zero-order chi connectivity index (χ0) is 57.4. The van der Waals surface area contributed by atoms with Gasteiger partial charge in [0.05, 0.1) is 10.6 Å². The van der Waals surface area contributed by atoms with Gasteiger partial charge in [-0.15, -0.1) is 0 Å². The van der Waals surface area contributed by atoms with E-state index < -0.39 is 36.7 Å². The summed E-state index contributed by atoms with van der Waals surface area (Å²) in [5.74, 6) is -0.750. The van der Waals surface area contributed by atoms with Crippen molar-refractivity contribution in [3.8, 4) is 46.0 Å². The lowest BCUT2D eigenvalue weighted by Gasteiger charge is -2.37. The van der Waals surface area contributed by atoms with Gasteiger partial charge in [-0.1, -0.05) is 158 Å². The molecule has 13 rings (SSSR count). The molecule has 0 saturated carbocycles. The molecule has 0 spiro atoms. The molecular formula is C72H62O8P2S2. The molecule has 0 saturated heterocycles. The summed E-state index contributed by atoms with van der Waals surface area (Å²) >= 11 is 13.5. The van der Waals surface area contributed by atoms with Crippen molar-refractivity contribution in [2.45, 2.75) is 75.0 Å². The van der Waals surface area contributed by atoms with Gasteiger partial charge in [-0.25, -0.2) is 0 Å². The lowest BCUT2D eigenvalue weighted by atomic mass is 9.76. The van der Waals surface area contributed by atoms with Crippen LogP contribution in [0.25, 0.3) is 0 Å². The Morgan fingerprint density at radius 1 is 0.274 bits per heavy atom. The van der Waals surface area contributed by atoms with E-state index in [1.54, 1.807) is 12.1 Å². The minimum atomic E-state index is -3.57. The molecule has 0 amide bonds. The van der Waals surface area contributed by atoms with E-state index in [4.69, 9.17) is 41.7 Å². The average molecular weight is 1180 g/mol. The van der Waals surface area contributed by atoms with Gasteiger partial charge in [-0.2, -0.15) is 0 Å². The largest absolute Gasteiger partial charge is 0.508 e. The molecule has 6 atom stereocenters. The van der Waals surface area contributed by atoms with Gasteiger partial charge in [-0.3, -0.25) is 0 Å². The van der Waals surface area contributed by atoms with Gasteiger partial charge < -0.3 is 38.5 Å². The van der Waals surface area contributed by atoms with Crippen LogP contribution in [0, 0.1) is 0 Å². The van der Waals surface area contributed by atoms with Gasteiger partial charge in [0, 0.05) is 92.4 Å². The first-order valence-corrected chi connectivity index (χ1v) is 34.0. The van der Waals surface area contributed by atoms with E-state index in [1.165, 1.54) is 6.07 Å². The number of fused-ring (bicyclic) bond motifs is 4. The molecule has 0 radical (unpaired) electrons. The molecular weight excluding hydrogens is 1120 g/mol. The lowest BCUT2D eigenvalue weighted by molar-refractivity contribution is 0.427. The van der Waals surface area contributed by atoms with Crippen LogP contribution >= 0.6 is 13.0 Å². The Kier molecular flexibility index (Phi) is 15.4. The van der Waals surface area contributed by atoms with Gasteiger partial charge in [0.2, 0.25) is 0 Å². The van der Waals surface area contributed by atoms with Crippen molar-refractivity contribution >= 4 is 47.2 Å². The van der Waals surface area contributed by atoms with Crippen LogP contribution in [0.15, 0.2) is 231 Å².